The summed E-state index contributed by atoms with van der Waals surface area (Å²) in [4.78, 5) is 6.69. The van der Waals surface area contributed by atoms with Crippen molar-refractivity contribution in [2.24, 2.45) is 0 Å². The van der Waals surface area contributed by atoms with Gasteiger partial charge in [-0.3, -0.25) is 0 Å². The average Bonchev–Trinajstić information content (AvgIpc) is 3.25. The minimum absolute atomic E-state index is 0.282. The van der Waals surface area contributed by atoms with Crippen molar-refractivity contribution in [1.29, 1.82) is 0 Å². The summed E-state index contributed by atoms with van der Waals surface area (Å²) >= 11 is 6.40. The van der Waals surface area contributed by atoms with E-state index in [4.69, 9.17) is 25.6 Å². The van der Waals surface area contributed by atoms with Crippen molar-refractivity contribution in [1.82, 2.24) is 10.1 Å². The van der Waals surface area contributed by atoms with E-state index < -0.39 is 0 Å². The number of morpholine rings is 1. The minimum Gasteiger partial charge on any atom is -0.497 e. The molecule has 3 aromatic rings. The second-order valence-electron chi connectivity index (χ2n) is 6.33. The lowest BCUT2D eigenvalue weighted by Crippen LogP contribution is -2.36. The van der Waals surface area contributed by atoms with Gasteiger partial charge in [0.25, 0.3) is 5.89 Å². The maximum atomic E-state index is 6.40. The van der Waals surface area contributed by atoms with Crippen molar-refractivity contribution >= 4 is 28.4 Å². The zero-order valence-electron chi connectivity index (χ0n) is 15.5. The standard InChI is InChI=1S/C21H20ClN3O3/c1-26-18-8-4-16(5-9-18)20-23-21(28-24-20)19(22)14-15-2-6-17(7-3-15)25-10-12-27-13-11-25/h2-9,14H,10-13H2,1H3/b19-14-. The molecule has 0 aliphatic carbocycles. The number of nitrogens with zero attached hydrogens (tertiary/aromatic N) is 3. The van der Waals surface area contributed by atoms with Crippen molar-refractivity contribution in [2.75, 3.05) is 38.3 Å². The van der Waals surface area contributed by atoms with Gasteiger partial charge in [-0.05, 0) is 48.0 Å². The van der Waals surface area contributed by atoms with Gasteiger partial charge < -0.3 is 18.9 Å². The molecule has 0 amide bonds. The van der Waals surface area contributed by atoms with Gasteiger partial charge in [0.2, 0.25) is 5.82 Å². The van der Waals surface area contributed by atoms with Crippen LogP contribution in [-0.2, 0) is 4.74 Å². The molecule has 2 heterocycles. The van der Waals surface area contributed by atoms with E-state index in [1.54, 1.807) is 7.11 Å². The summed E-state index contributed by atoms with van der Waals surface area (Å²) < 4.78 is 15.9. The highest BCUT2D eigenvalue weighted by atomic mass is 35.5. The number of aromatic nitrogens is 2. The Labute approximate surface area is 168 Å². The lowest BCUT2D eigenvalue weighted by atomic mass is 10.1. The van der Waals surface area contributed by atoms with Crippen LogP contribution in [0.2, 0.25) is 0 Å². The number of rotatable bonds is 5. The van der Waals surface area contributed by atoms with Crippen LogP contribution in [-0.4, -0.2) is 43.6 Å². The van der Waals surface area contributed by atoms with Crippen LogP contribution < -0.4 is 9.64 Å². The maximum Gasteiger partial charge on any atom is 0.269 e. The quantitative estimate of drug-likeness (QED) is 0.639. The van der Waals surface area contributed by atoms with Gasteiger partial charge in [-0.25, -0.2) is 0 Å². The Morgan fingerprint density at radius 2 is 1.79 bits per heavy atom. The minimum atomic E-state index is 0.282. The summed E-state index contributed by atoms with van der Waals surface area (Å²) in [5.41, 5.74) is 2.97. The van der Waals surface area contributed by atoms with E-state index in [1.165, 1.54) is 5.69 Å². The molecule has 1 aliphatic heterocycles. The number of anilines is 1. The third-order valence-electron chi connectivity index (χ3n) is 4.54. The largest absolute Gasteiger partial charge is 0.497 e. The molecule has 1 fully saturated rings. The number of methoxy groups -OCH3 is 1. The highest BCUT2D eigenvalue weighted by Gasteiger charge is 2.13. The van der Waals surface area contributed by atoms with Gasteiger partial charge in [-0.1, -0.05) is 28.9 Å². The Kier molecular flexibility index (Phi) is 5.60. The van der Waals surface area contributed by atoms with E-state index in [0.29, 0.717) is 10.9 Å². The van der Waals surface area contributed by atoms with Gasteiger partial charge in [-0.2, -0.15) is 4.98 Å². The SMILES string of the molecule is COc1ccc(-c2noc(/C(Cl)=C/c3ccc(N4CCOCC4)cc3)n2)cc1. The summed E-state index contributed by atoms with van der Waals surface area (Å²) in [7, 11) is 1.62. The monoisotopic (exact) mass is 397 g/mol. The van der Waals surface area contributed by atoms with Crippen LogP contribution in [0.25, 0.3) is 22.5 Å². The Morgan fingerprint density at radius 1 is 1.07 bits per heavy atom. The first-order valence-corrected chi connectivity index (χ1v) is 9.39. The second-order valence-corrected chi connectivity index (χ2v) is 6.74. The average molecular weight is 398 g/mol. The molecular formula is C21H20ClN3O3. The lowest BCUT2D eigenvalue weighted by molar-refractivity contribution is 0.122. The van der Waals surface area contributed by atoms with Gasteiger partial charge in [0, 0.05) is 24.3 Å². The van der Waals surface area contributed by atoms with Crippen LogP contribution in [0.1, 0.15) is 11.5 Å². The molecule has 0 N–H and O–H groups in total. The molecule has 0 bridgehead atoms. The number of hydrogen-bond donors (Lipinski definition) is 0. The van der Waals surface area contributed by atoms with E-state index in [9.17, 15) is 0 Å². The molecule has 1 saturated heterocycles. The predicted molar refractivity (Wildman–Crippen MR) is 109 cm³/mol. The molecule has 0 radical (unpaired) electrons. The molecule has 6 nitrogen and oxygen atoms in total. The first kappa shape index (κ1) is 18.5. The van der Waals surface area contributed by atoms with Gasteiger partial charge in [0.1, 0.15) is 10.8 Å². The van der Waals surface area contributed by atoms with Crippen LogP contribution in [0.5, 0.6) is 5.75 Å². The maximum absolute atomic E-state index is 6.40. The van der Waals surface area contributed by atoms with Crippen LogP contribution in [0.4, 0.5) is 5.69 Å². The summed E-state index contributed by atoms with van der Waals surface area (Å²) in [6.07, 6.45) is 1.82. The molecule has 28 heavy (non-hydrogen) atoms. The Hall–Kier alpha value is -2.83. The van der Waals surface area contributed by atoms with Gasteiger partial charge in [-0.15, -0.1) is 0 Å². The summed E-state index contributed by atoms with van der Waals surface area (Å²) in [5, 5.41) is 4.40. The van der Waals surface area contributed by atoms with E-state index in [-0.39, 0.29) is 5.89 Å². The van der Waals surface area contributed by atoms with Crippen LogP contribution in [0.3, 0.4) is 0 Å². The molecule has 1 aliphatic rings. The number of benzene rings is 2. The zero-order valence-corrected chi connectivity index (χ0v) is 16.2. The molecule has 0 saturated carbocycles. The molecule has 2 aromatic carbocycles. The summed E-state index contributed by atoms with van der Waals surface area (Å²) in [6.45, 7) is 3.35. The third kappa shape index (κ3) is 4.18. The molecule has 0 unspecified atom stereocenters. The second kappa shape index (κ2) is 8.46. The van der Waals surface area contributed by atoms with Crippen molar-refractivity contribution in [3.8, 4) is 17.1 Å². The Bertz CT molecular complexity index is 946. The van der Waals surface area contributed by atoms with Crippen molar-refractivity contribution < 1.29 is 14.0 Å². The molecule has 7 heteroatoms. The Balaban J connectivity index is 1.48. The van der Waals surface area contributed by atoms with Crippen molar-refractivity contribution in [3.63, 3.8) is 0 Å². The summed E-state index contributed by atoms with van der Waals surface area (Å²) in [6, 6.07) is 15.6. The summed E-state index contributed by atoms with van der Waals surface area (Å²) in [5.74, 6) is 1.53. The van der Waals surface area contributed by atoms with Crippen molar-refractivity contribution in [2.45, 2.75) is 0 Å². The number of ether oxygens (including phenoxy) is 2. The topological polar surface area (TPSA) is 60.6 Å². The van der Waals surface area contributed by atoms with Gasteiger partial charge >= 0.3 is 0 Å². The smallest absolute Gasteiger partial charge is 0.269 e. The fraction of sp³-hybridized carbons (Fsp3) is 0.238. The first-order valence-electron chi connectivity index (χ1n) is 9.01. The normalized spacial score (nSPS) is 14.9. The van der Waals surface area contributed by atoms with Gasteiger partial charge in [0.05, 0.1) is 20.3 Å². The first-order chi connectivity index (χ1) is 13.7. The lowest BCUT2D eigenvalue weighted by Gasteiger charge is -2.28. The van der Waals surface area contributed by atoms with Crippen LogP contribution in [0, 0.1) is 0 Å². The fourth-order valence-electron chi connectivity index (χ4n) is 2.99. The van der Waals surface area contributed by atoms with Crippen LogP contribution in [0.15, 0.2) is 53.1 Å². The van der Waals surface area contributed by atoms with E-state index in [1.807, 2.05) is 42.5 Å². The number of hydrogen-bond acceptors (Lipinski definition) is 6. The number of halogens is 1. The van der Waals surface area contributed by atoms with E-state index >= 15 is 0 Å². The molecular weight excluding hydrogens is 378 g/mol. The molecule has 0 spiro atoms. The third-order valence-corrected chi connectivity index (χ3v) is 4.81. The highest BCUT2D eigenvalue weighted by molar-refractivity contribution is 6.50. The van der Waals surface area contributed by atoms with Crippen LogP contribution >= 0.6 is 11.6 Å². The molecule has 144 valence electrons. The Morgan fingerprint density at radius 3 is 2.46 bits per heavy atom. The predicted octanol–water partition coefficient (Wildman–Crippen LogP) is 4.32. The molecule has 0 atom stereocenters. The molecule has 4 rings (SSSR count). The van der Waals surface area contributed by atoms with E-state index in [2.05, 4.69) is 27.2 Å². The fourth-order valence-corrected chi connectivity index (χ4v) is 3.19. The zero-order chi connectivity index (χ0) is 19.3. The highest BCUT2D eigenvalue weighted by Crippen LogP contribution is 2.26. The molecule has 1 aromatic heterocycles. The van der Waals surface area contributed by atoms with Crippen molar-refractivity contribution in [3.05, 3.63) is 60.0 Å². The van der Waals surface area contributed by atoms with Gasteiger partial charge in [0.15, 0.2) is 0 Å². The van der Waals surface area contributed by atoms with E-state index in [0.717, 1.165) is 43.2 Å².